The summed E-state index contributed by atoms with van der Waals surface area (Å²) in [4.78, 5) is 0. The Morgan fingerprint density at radius 1 is 1.47 bits per heavy atom. The van der Waals surface area contributed by atoms with Crippen LogP contribution in [0.3, 0.4) is 0 Å². The fraction of sp³-hybridized carbons (Fsp3) is 0.500. The topological polar surface area (TPSA) is 39.1 Å². The van der Waals surface area contributed by atoms with Crippen LogP contribution in [0.4, 0.5) is 0 Å². The molecule has 0 spiro atoms. The van der Waals surface area contributed by atoms with Crippen LogP contribution in [0.1, 0.15) is 36.2 Å². The SMILES string of the molecule is CCCNC(c1cscc1C)c1c(OC)cnn1C. The Hall–Kier alpha value is -1.33. The molecule has 1 atom stereocenters. The summed E-state index contributed by atoms with van der Waals surface area (Å²) < 4.78 is 7.34. The van der Waals surface area contributed by atoms with Gasteiger partial charge in [0.2, 0.25) is 0 Å². The number of ether oxygens (including phenoxy) is 1. The number of aryl methyl sites for hydroxylation is 2. The maximum atomic E-state index is 5.45. The van der Waals surface area contributed by atoms with Crippen molar-refractivity contribution in [1.29, 1.82) is 0 Å². The van der Waals surface area contributed by atoms with E-state index in [0.29, 0.717) is 0 Å². The predicted molar refractivity (Wildman–Crippen MR) is 79.0 cm³/mol. The number of aromatic nitrogens is 2. The van der Waals surface area contributed by atoms with Gasteiger partial charge in [-0.2, -0.15) is 16.4 Å². The van der Waals surface area contributed by atoms with Crippen molar-refractivity contribution in [2.45, 2.75) is 26.3 Å². The monoisotopic (exact) mass is 279 g/mol. The van der Waals surface area contributed by atoms with Crippen LogP contribution in [0.25, 0.3) is 0 Å². The Morgan fingerprint density at radius 3 is 2.84 bits per heavy atom. The number of hydrogen-bond acceptors (Lipinski definition) is 4. The van der Waals surface area contributed by atoms with Gasteiger partial charge in [-0.25, -0.2) is 0 Å². The molecular formula is C14H21N3OS. The maximum Gasteiger partial charge on any atom is 0.161 e. The summed E-state index contributed by atoms with van der Waals surface area (Å²) in [5.74, 6) is 0.835. The Balaban J connectivity index is 2.42. The van der Waals surface area contributed by atoms with E-state index in [1.54, 1.807) is 24.6 Å². The van der Waals surface area contributed by atoms with E-state index in [-0.39, 0.29) is 6.04 Å². The Morgan fingerprint density at radius 2 is 2.26 bits per heavy atom. The lowest BCUT2D eigenvalue weighted by molar-refractivity contribution is 0.400. The zero-order valence-corrected chi connectivity index (χ0v) is 12.8. The number of hydrogen-bond donors (Lipinski definition) is 1. The predicted octanol–water partition coefficient (Wildman–Crippen LogP) is 2.89. The highest BCUT2D eigenvalue weighted by atomic mass is 32.1. The van der Waals surface area contributed by atoms with Crippen molar-refractivity contribution in [1.82, 2.24) is 15.1 Å². The van der Waals surface area contributed by atoms with Gasteiger partial charge in [0.05, 0.1) is 19.3 Å². The van der Waals surface area contributed by atoms with Crippen molar-refractivity contribution >= 4 is 11.3 Å². The number of nitrogens with one attached hydrogen (secondary N) is 1. The summed E-state index contributed by atoms with van der Waals surface area (Å²) in [5, 5.41) is 12.3. The molecule has 19 heavy (non-hydrogen) atoms. The minimum atomic E-state index is 0.133. The molecule has 2 rings (SSSR count). The Bertz CT molecular complexity index is 533. The van der Waals surface area contributed by atoms with Crippen molar-refractivity contribution in [2.24, 2.45) is 7.05 Å². The first-order chi connectivity index (χ1) is 9.19. The highest BCUT2D eigenvalue weighted by molar-refractivity contribution is 7.08. The van der Waals surface area contributed by atoms with Gasteiger partial charge in [-0.3, -0.25) is 4.68 Å². The summed E-state index contributed by atoms with van der Waals surface area (Å²) in [6.45, 7) is 5.29. The van der Waals surface area contributed by atoms with Crippen LogP contribution in [-0.4, -0.2) is 23.4 Å². The third-order valence-corrected chi connectivity index (χ3v) is 4.13. The second-order valence-electron chi connectivity index (χ2n) is 4.62. The van der Waals surface area contributed by atoms with E-state index in [1.807, 2.05) is 11.7 Å². The molecule has 0 aliphatic rings. The summed E-state index contributed by atoms with van der Waals surface area (Å²) >= 11 is 1.73. The molecule has 0 aliphatic carbocycles. The molecular weight excluding hydrogens is 258 g/mol. The first-order valence-corrected chi connectivity index (χ1v) is 7.45. The van der Waals surface area contributed by atoms with Gasteiger partial charge in [-0.1, -0.05) is 6.92 Å². The molecule has 0 saturated heterocycles. The molecule has 4 nitrogen and oxygen atoms in total. The van der Waals surface area contributed by atoms with E-state index >= 15 is 0 Å². The molecule has 1 unspecified atom stereocenters. The summed E-state index contributed by atoms with van der Waals surface area (Å²) in [7, 11) is 3.65. The molecule has 0 amide bonds. The van der Waals surface area contributed by atoms with E-state index in [2.05, 4.69) is 35.0 Å². The van der Waals surface area contributed by atoms with Crippen molar-refractivity contribution in [3.8, 4) is 5.75 Å². The molecule has 2 aromatic rings. The van der Waals surface area contributed by atoms with Crippen LogP contribution in [0.15, 0.2) is 17.0 Å². The van der Waals surface area contributed by atoms with Gasteiger partial charge in [0.25, 0.3) is 0 Å². The Labute approximate surface area is 118 Å². The first-order valence-electron chi connectivity index (χ1n) is 6.51. The minimum absolute atomic E-state index is 0.133. The molecule has 0 radical (unpaired) electrons. The maximum absolute atomic E-state index is 5.45. The minimum Gasteiger partial charge on any atom is -0.493 e. The number of rotatable bonds is 6. The standard InChI is InChI=1S/C14H21N3OS/c1-5-6-15-13(11-9-19-8-10(11)2)14-12(18-4)7-16-17(14)3/h7-9,13,15H,5-6H2,1-4H3. The van der Waals surface area contributed by atoms with Crippen LogP contribution in [0.5, 0.6) is 5.75 Å². The highest BCUT2D eigenvalue weighted by Crippen LogP contribution is 2.32. The van der Waals surface area contributed by atoms with Gasteiger partial charge in [0.1, 0.15) is 5.69 Å². The molecule has 104 valence electrons. The molecule has 5 heteroatoms. The van der Waals surface area contributed by atoms with Gasteiger partial charge in [0, 0.05) is 7.05 Å². The molecule has 0 saturated carbocycles. The normalized spacial score (nSPS) is 12.6. The first kappa shape index (κ1) is 14.1. The van der Waals surface area contributed by atoms with Crippen molar-refractivity contribution in [2.75, 3.05) is 13.7 Å². The summed E-state index contributed by atoms with van der Waals surface area (Å²) in [5.41, 5.74) is 3.69. The number of methoxy groups -OCH3 is 1. The van der Waals surface area contributed by atoms with Crippen LogP contribution >= 0.6 is 11.3 Å². The fourth-order valence-corrected chi connectivity index (χ4v) is 3.10. The van der Waals surface area contributed by atoms with Gasteiger partial charge in [-0.05, 0) is 41.8 Å². The van der Waals surface area contributed by atoms with Crippen LogP contribution < -0.4 is 10.1 Å². The molecule has 0 aromatic carbocycles. The zero-order chi connectivity index (χ0) is 13.8. The smallest absolute Gasteiger partial charge is 0.161 e. The van der Waals surface area contributed by atoms with E-state index in [0.717, 1.165) is 24.4 Å². The molecule has 1 N–H and O–H groups in total. The summed E-state index contributed by atoms with van der Waals surface area (Å²) in [6.07, 6.45) is 2.87. The highest BCUT2D eigenvalue weighted by Gasteiger charge is 2.23. The molecule has 2 aromatic heterocycles. The number of thiophene rings is 1. The van der Waals surface area contributed by atoms with E-state index in [1.165, 1.54) is 11.1 Å². The Kier molecular flexibility index (Phi) is 4.61. The third kappa shape index (κ3) is 2.82. The quantitative estimate of drug-likeness (QED) is 0.883. The lowest BCUT2D eigenvalue weighted by atomic mass is 10.0. The van der Waals surface area contributed by atoms with Crippen molar-refractivity contribution in [3.63, 3.8) is 0 Å². The van der Waals surface area contributed by atoms with E-state index < -0.39 is 0 Å². The van der Waals surface area contributed by atoms with Gasteiger partial charge in [0.15, 0.2) is 5.75 Å². The zero-order valence-electron chi connectivity index (χ0n) is 11.9. The lowest BCUT2D eigenvalue weighted by Gasteiger charge is -2.20. The van der Waals surface area contributed by atoms with Crippen LogP contribution in [-0.2, 0) is 7.05 Å². The van der Waals surface area contributed by atoms with Gasteiger partial charge in [-0.15, -0.1) is 0 Å². The fourth-order valence-electron chi connectivity index (χ4n) is 2.22. The average Bonchev–Trinajstić information content (AvgIpc) is 2.98. The van der Waals surface area contributed by atoms with Crippen molar-refractivity contribution < 1.29 is 4.74 Å². The van der Waals surface area contributed by atoms with Crippen LogP contribution in [0.2, 0.25) is 0 Å². The second kappa shape index (κ2) is 6.21. The van der Waals surface area contributed by atoms with E-state index in [9.17, 15) is 0 Å². The second-order valence-corrected chi connectivity index (χ2v) is 5.36. The lowest BCUT2D eigenvalue weighted by Crippen LogP contribution is -2.26. The third-order valence-electron chi connectivity index (χ3n) is 3.25. The van der Waals surface area contributed by atoms with Crippen LogP contribution in [0, 0.1) is 6.92 Å². The number of nitrogens with zero attached hydrogens (tertiary/aromatic N) is 2. The van der Waals surface area contributed by atoms with Gasteiger partial charge >= 0.3 is 0 Å². The molecule has 0 fully saturated rings. The molecule has 0 bridgehead atoms. The van der Waals surface area contributed by atoms with E-state index in [4.69, 9.17) is 4.74 Å². The summed E-state index contributed by atoms with van der Waals surface area (Å²) in [6, 6.07) is 0.133. The van der Waals surface area contributed by atoms with Crippen molar-refractivity contribution in [3.05, 3.63) is 33.8 Å². The molecule has 2 heterocycles. The molecule has 0 aliphatic heterocycles. The average molecular weight is 279 g/mol. The van der Waals surface area contributed by atoms with Gasteiger partial charge < -0.3 is 10.1 Å². The largest absolute Gasteiger partial charge is 0.493 e.